The van der Waals surface area contributed by atoms with Gasteiger partial charge in [0, 0.05) is 14.1 Å². The van der Waals surface area contributed by atoms with Crippen LogP contribution >= 0.6 is 0 Å². The summed E-state index contributed by atoms with van der Waals surface area (Å²) in [5.41, 5.74) is -2.25. The number of para-hydroxylation sites is 2. The molecule has 1 aliphatic heterocycles. The Hall–Kier alpha value is -4.73. The number of anilines is 1. The van der Waals surface area contributed by atoms with E-state index in [2.05, 4.69) is 0 Å². The largest absolute Gasteiger partial charge is 0.494 e. The molecule has 10 nitrogen and oxygen atoms in total. The van der Waals surface area contributed by atoms with Gasteiger partial charge in [-0.25, -0.2) is 19.1 Å². The SMILES string of the molecule is CN1C(=O)C(=Cc2c(O)n(C)c(=O)n(-c3ccccc3)c2=O)C(=O)N(c2ccccc2)C1=O. The van der Waals surface area contributed by atoms with Crippen LogP contribution < -0.4 is 16.1 Å². The molecule has 10 heteroatoms. The molecule has 0 unspecified atom stereocenters. The van der Waals surface area contributed by atoms with Gasteiger partial charge < -0.3 is 5.11 Å². The molecule has 166 valence electrons. The molecule has 0 saturated carbocycles. The summed E-state index contributed by atoms with van der Waals surface area (Å²) < 4.78 is 1.64. The summed E-state index contributed by atoms with van der Waals surface area (Å²) in [6, 6.07) is 15.1. The number of rotatable bonds is 3. The van der Waals surface area contributed by atoms with Gasteiger partial charge in [0.25, 0.3) is 17.4 Å². The van der Waals surface area contributed by atoms with Crippen molar-refractivity contribution >= 4 is 29.6 Å². The lowest BCUT2D eigenvalue weighted by atomic mass is 10.1. The molecule has 0 radical (unpaired) electrons. The number of carbonyl (C=O) groups is 3. The minimum atomic E-state index is -0.965. The molecule has 1 aliphatic rings. The van der Waals surface area contributed by atoms with E-state index in [1.54, 1.807) is 36.4 Å². The maximum atomic E-state index is 13.2. The Morgan fingerprint density at radius 2 is 1.30 bits per heavy atom. The van der Waals surface area contributed by atoms with Crippen molar-refractivity contribution in [2.75, 3.05) is 11.9 Å². The van der Waals surface area contributed by atoms with Gasteiger partial charge in [-0.3, -0.25) is 23.9 Å². The quantitative estimate of drug-likeness (QED) is 0.477. The number of carbonyl (C=O) groups excluding carboxylic acids is 3. The van der Waals surface area contributed by atoms with E-state index >= 15 is 0 Å². The minimum Gasteiger partial charge on any atom is -0.494 e. The van der Waals surface area contributed by atoms with Crippen LogP contribution in [0.25, 0.3) is 11.8 Å². The van der Waals surface area contributed by atoms with Crippen LogP contribution in [0.5, 0.6) is 5.88 Å². The first kappa shape index (κ1) is 21.5. The summed E-state index contributed by atoms with van der Waals surface area (Å²) in [5, 5.41) is 10.5. The lowest BCUT2D eigenvalue weighted by molar-refractivity contribution is -0.128. The standard InChI is InChI=1S/C23H18N4O6/c1-24-18(28)16(20(30)26(22(24)32)14-9-5-3-6-10-14)13-17-19(29)25(2)23(33)27(21(17)31)15-11-7-4-8-12-15/h3-13,28H,1-2H3. The van der Waals surface area contributed by atoms with Crippen LogP contribution in [0.1, 0.15) is 5.56 Å². The topological polar surface area (TPSA) is 122 Å². The number of aromatic nitrogens is 2. The summed E-state index contributed by atoms with van der Waals surface area (Å²) in [5.74, 6) is -2.64. The van der Waals surface area contributed by atoms with Crippen molar-refractivity contribution in [2.24, 2.45) is 7.05 Å². The summed E-state index contributed by atoms with van der Waals surface area (Å²) >= 11 is 0. The molecule has 1 saturated heterocycles. The molecule has 0 aliphatic carbocycles. The number of amides is 4. The van der Waals surface area contributed by atoms with E-state index in [9.17, 15) is 29.1 Å². The first-order chi connectivity index (χ1) is 15.7. The molecular formula is C23H18N4O6. The molecule has 0 bridgehead atoms. The number of imide groups is 2. The van der Waals surface area contributed by atoms with Gasteiger partial charge in [-0.2, -0.15) is 0 Å². The van der Waals surface area contributed by atoms with Crippen molar-refractivity contribution in [3.63, 3.8) is 0 Å². The van der Waals surface area contributed by atoms with Crippen LogP contribution in [-0.4, -0.2) is 44.0 Å². The highest BCUT2D eigenvalue weighted by Crippen LogP contribution is 2.25. The third-order valence-electron chi connectivity index (χ3n) is 5.23. The lowest BCUT2D eigenvalue weighted by Crippen LogP contribution is -2.55. The van der Waals surface area contributed by atoms with E-state index in [4.69, 9.17) is 0 Å². The van der Waals surface area contributed by atoms with Crippen molar-refractivity contribution < 1.29 is 19.5 Å². The average molecular weight is 446 g/mol. The second-order valence-corrected chi connectivity index (χ2v) is 7.24. The van der Waals surface area contributed by atoms with Crippen molar-refractivity contribution in [3.8, 4) is 11.6 Å². The molecule has 1 N–H and O–H groups in total. The fraction of sp³-hybridized carbons (Fsp3) is 0.0870. The summed E-state index contributed by atoms with van der Waals surface area (Å²) in [6.07, 6.45) is 0.903. The predicted octanol–water partition coefficient (Wildman–Crippen LogP) is 1.25. The fourth-order valence-corrected chi connectivity index (χ4v) is 3.44. The van der Waals surface area contributed by atoms with Crippen LogP contribution in [0.15, 0.2) is 75.8 Å². The Bertz CT molecular complexity index is 1440. The number of benzene rings is 2. The molecule has 1 aromatic heterocycles. The van der Waals surface area contributed by atoms with Gasteiger partial charge in [0.15, 0.2) is 0 Å². The summed E-state index contributed by atoms with van der Waals surface area (Å²) in [6.45, 7) is 0. The lowest BCUT2D eigenvalue weighted by Gasteiger charge is -2.31. The van der Waals surface area contributed by atoms with Gasteiger partial charge in [0.05, 0.1) is 11.4 Å². The molecule has 4 rings (SSSR count). The number of hydrogen-bond acceptors (Lipinski definition) is 6. The van der Waals surface area contributed by atoms with E-state index in [1.807, 2.05) is 0 Å². The van der Waals surface area contributed by atoms with Crippen LogP contribution in [0.4, 0.5) is 10.5 Å². The van der Waals surface area contributed by atoms with Crippen molar-refractivity contribution in [1.29, 1.82) is 0 Å². The zero-order valence-corrected chi connectivity index (χ0v) is 17.6. The predicted molar refractivity (Wildman–Crippen MR) is 119 cm³/mol. The van der Waals surface area contributed by atoms with E-state index in [1.165, 1.54) is 38.4 Å². The Kier molecular flexibility index (Phi) is 5.26. The number of nitrogens with zero attached hydrogens (tertiary/aromatic N) is 4. The Morgan fingerprint density at radius 1 is 0.758 bits per heavy atom. The van der Waals surface area contributed by atoms with Crippen LogP contribution in [-0.2, 0) is 16.6 Å². The number of barbiturate groups is 1. The van der Waals surface area contributed by atoms with Crippen molar-refractivity contribution in [1.82, 2.24) is 14.0 Å². The molecule has 2 aromatic carbocycles. The molecular weight excluding hydrogens is 428 g/mol. The average Bonchev–Trinajstić information content (AvgIpc) is 2.82. The van der Waals surface area contributed by atoms with E-state index in [-0.39, 0.29) is 11.4 Å². The van der Waals surface area contributed by atoms with Gasteiger partial charge in [-0.1, -0.05) is 36.4 Å². The highest BCUT2D eigenvalue weighted by Gasteiger charge is 2.41. The molecule has 33 heavy (non-hydrogen) atoms. The normalized spacial score (nSPS) is 15.5. The maximum absolute atomic E-state index is 13.2. The number of urea groups is 1. The number of aromatic hydroxyl groups is 1. The highest BCUT2D eigenvalue weighted by molar-refractivity contribution is 6.39. The molecule has 1 fully saturated rings. The maximum Gasteiger partial charge on any atom is 0.338 e. The van der Waals surface area contributed by atoms with Crippen LogP contribution in [0.3, 0.4) is 0 Å². The smallest absolute Gasteiger partial charge is 0.338 e. The first-order valence-corrected chi connectivity index (χ1v) is 9.77. The van der Waals surface area contributed by atoms with E-state index in [0.29, 0.717) is 0 Å². The van der Waals surface area contributed by atoms with Gasteiger partial charge in [0.2, 0.25) is 5.88 Å². The van der Waals surface area contributed by atoms with Gasteiger partial charge >= 0.3 is 11.7 Å². The Balaban J connectivity index is 1.95. The Labute approximate surface area is 186 Å². The molecule has 2 heterocycles. The number of likely N-dealkylation sites (N-methyl/N-ethyl adjacent to an activating group) is 1. The monoisotopic (exact) mass is 446 g/mol. The van der Waals surface area contributed by atoms with Crippen molar-refractivity contribution in [2.45, 2.75) is 0 Å². The van der Waals surface area contributed by atoms with Gasteiger partial charge in [0.1, 0.15) is 11.1 Å². The second kappa shape index (κ2) is 8.08. The third kappa shape index (κ3) is 3.43. The first-order valence-electron chi connectivity index (χ1n) is 9.77. The molecule has 0 spiro atoms. The van der Waals surface area contributed by atoms with Gasteiger partial charge in [-0.15, -0.1) is 0 Å². The summed E-state index contributed by atoms with van der Waals surface area (Å²) in [7, 11) is 2.44. The molecule has 0 atom stereocenters. The van der Waals surface area contributed by atoms with E-state index in [0.717, 1.165) is 25.0 Å². The van der Waals surface area contributed by atoms with Crippen molar-refractivity contribution in [3.05, 3.63) is 92.6 Å². The minimum absolute atomic E-state index is 0.226. The number of hydrogen-bond donors (Lipinski definition) is 1. The zero-order chi connectivity index (χ0) is 23.9. The van der Waals surface area contributed by atoms with E-state index < -0.39 is 46.1 Å². The Morgan fingerprint density at radius 3 is 1.88 bits per heavy atom. The van der Waals surface area contributed by atoms with Crippen LogP contribution in [0, 0.1) is 0 Å². The molecule has 4 amide bonds. The molecule has 3 aromatic rings. The third-order valence-corrected chi connectivity index (χ3v) is 5.23. The summed E-state index contributed by atoms with van der Waals surface area (Å²) in [4.78, 5) is 65.9. The fourth-order valence-electron chi connectivity index (χ4n) is 3.44. The van der Waals surface area contributed by atoms with Gasteiger partial charge in [-0.05, 0) is 30.3 Å². The zero-order valence-electron chi connectivity index (χ0n) is 17.6. The van der Waals surface area contributed by atoms with Crippen LogP contribution in [0.2, 0.25) is 0 Å². The second-order valence-electron chi connectivity index (χ2n) is 7.24. The highest BCUT2D eigenvalue weighted by atomic mass is 16.3.